The van der Waals surface area contributed by atoms with Crippen LogP contribution in [0.25, 0.3) is 0 Å². The molecule has 9 heteroatoms. The van der Waals surface area contributed by atoms with Crippen LogP contribution in [0.15, 0.2) is 41.3 Å². The van der Waals surface area contributed by atoms with Gasteiger partial charge in [-0.15, -0.1) is 0 Å². The number of aromatic nitrogens is 2. The second kappa shape index (κ2) is 11.0. The van der Waals surface area contributed by atoms with Crippen LogP contribution in [-0.2, 0) is 26.3 Å². The van der Waals surface area contributed by atoms with Gasteiger partial charge in [-0.05, 0) is 29.0 Å². The van der Waals surface area contributed by atoms with Crippen LogP contribution in [0, 0.1) is 0 Å². The first kappa shape index (κ1) is 25.9. The van der Waals surface area contributed by atoms with E-state index in [4.69, 9.17) is 5.11 Å². The average molecular weight is 460 g/mol. The highest BCUT2D eigenvalue weighted by Gasteiger charge is 2.29. The fourth-order valence-corrected chi connectivity index (χ4v) is 3.73. The molecule has 0 saturated carbocycles. The summed E-state index contributed by atoms with van der Waals surface area (Å²) in [5.41, 5.74) is 1.54. The summed E-state index contributed by atoms with van der Waals surface area (Å²) in [5.74, 6) is -4.05. The second-order valence-corrected chi connectivity index (χ2v) is 8.88. The summed E-state index contributed by atoms with van der Waals surface area (Å²) in [6.07, 6.45) is 0.899. The molecule has 33 heavy (non-hydrogen) atoms. The number of nitrogens with zero attached hydrogens (tertiary/aromatic N) is 2. The molecule has 0 spiro atoms. The van der Waals surface area contributed by atoms with E-state index in [9.17, 15) is 23.6 Å². The van der Waals surface area contributed by atoms with E-state index in [1.54, 1.807) is 6.92 Å². The van der Waals surface area contributed by atoms with Gasteiger partial charge < -0.3 is 10.4 Å². The van der Waals surface area contributed by atoms with E-state index in [0.29, 0.717) is 0 Å². The van der Waals surface area contributed by atoms with Crippen LogP contribution >= 0.6 is 0 Å². The summed E-state index contributed by atoms with van der Waals surface area (Å²) in [5, 5.41) is 15.4. The van der Waals surface area contributed by atoms with E-state index >= 15 is 0 Å². The highest BCUT2D eigenvalue weighted by atomic mass is 19.1. The molecular formula is C24H30FN3O5. The maximum atomic E-state index is 13.2. The minimum absolute atomic E-state index is 0.147. The lowest BCUT2D eigenvalue weighted by Crippen LogP contribution is -2.45. The van der Waals surface area contributed by atoms with Gasteiger partial charge in [0.05, 0.1) is 18.9 Å². The minimum atomic E-state index is -1.50. The molecule has 0 bridgehead atoms. The predicted octanol–water partition coefficient (Wildman–Crippen LogP) is 2.58. The zero-order valence-electron chi connectivity index (χ0n) is 19.3. The third kappa shape index (κ3) is 6.57. The van der Waals surface area contributed by atoms with Gasteiger partial charge in [0, 0.05) is 11.8 Å². The number of halogens is 1. The maximum Gasteiger partial charge on any atom is 0.305 e. The van der Waals surface area contributed by atoms with Gasteiger partial charge in [0.2, 0.25) is 5.91 Å². The topological polar surface area (TPSA) is 118 Å². The standard InChI is InChI=1S/C24H30FN3O5/c1-5-16(22(32)27-19(12-21(30)31)20(29)13-25)17-10-11-26-28(23(17)33)14-15-8-6-7-9-18(15)24(2,3)4/h6-11,16,19H,5,12-14H2,1-4H3,(H,27,32)(H,30,31). The van der Waals surface area contributed by atoms with Crippen LogP contribution < -0.4 is 10.9 Å². The van der Waals surface area contributed by atoms with Crippen molar-refractivity contribution in [2.45, 2.75) is 64.5 Å². The third-order valence-corrected chi connectivity index (χ3v) is 5.40. The monoisotopic (exact) mass is 459 g/mol. The van der Waals surface area contributed by atoms with Crippen molar-refractivity contribution in [2.24, 2.45) is 0 Å². The van der Waals surface area contributed by atoms with Gasteiger partial charge in [0.25, 0.3) is 5.56 Å². The molecule has 8 nitrogen and oxygen atoms in total. The smallest absolute Gasteiger partial charge is 0.305 e. The average Bonchev–Trinajstić information content (AvgIpc) is 2.75. The van der Waals surface area contributed by atoms with Gasteiger partial charge in [0.1, 0.15) is 12.7 Å². The number of Topliss-reactive ketones (excluding diaryl/α,β-unsaturated/α-hetero) is 1. The van der Waals surface area contributed by atoms with Crippen molar-refractivity contribution in [3.05, 3.63) is 63.6 Å². The second-order valence-electron chi connectivity index (χ2n) is 8.88. The molecule has 2 atom stereocenters. The van der Waals surface area contributed by atoms with Crippen molar-refractivity contribution in [1.29, 1.82) is 0 Å². The highest BCUT2D eigenvalue weighted by Crippen LogP contribution is 2.26. The highest BCUT2D eigenvalue weighted by molar-refractivity contribution is 5.94. The lowest BCUT2D eigenvalue weighted by molar-refractivity contribution is -0.140. The van der Waals surface area contributed by atoms with Crippen LogP contribution in [0.1, 0.15) is 63.1 Å². The minimum Gasteiger partial charge on any atom is -0.481 e. The molecule has 1 amide bonds. The van der Waals surface area contributed by atoms with Crippen molar-refractivity contribution < 1.29 is 23.9 Å². The normalized spacial score (nSPS) is 13.2. The summed E-state index contributed by atoms with van der Waals surface area (Å²) >= 11 is 0. The van der Waals surface area contributed by atoms with Gasteiger partial charge in [-0.3, -0.25) is 19.2 Å². The SMILES string of the molecule is CCC(C(=O)NC(CC(=O)O)C(=O)CF)c1ccnn(Cc2ccccc2C(C)(C)C)c1=O. The Morgan fingerprint density at radius 1 is 1.18 bits per heavy atom. The van der Waals surface area contributed by atoms with E-state index in [0.717, 1.165) is 11.1 Å². The van der Waals surface area contributed by atoms with Crippen LogP contribution in [0.5, 0.6) is 0 Å². The number of benzene rings is 1. The Morgan fingerprint density at radius 2 is 1.85 bits per heavy atom. The van der Waals surface area contributed by atoms with E-state index < -0.39 is 48.3 Å². The first-order valence-corrected chi connectivity index (χ1v) is 10.7. The molecule has 0 aliphatic rings. The summed E-state index contributed by atoms with van der Waals surface area (Å²) < 4.78 is 14.1. The molecular weight excluding hydrogens is 429 g/mol. The van der Waals surface area contributed by atoms with Crippen molar-refractivity contribution in [3.8, 4) is 0 Å². The number of carbonyl (C=O) groups excluding carboxylic acids is 2. The Bertz CT molecular complexity index is 1070. The van der Waals surface area contributed by atoms with Crippen molar-refractivity contribution in [1.82, 2.24) is 15.1 Å². The summed E-state index contributed by atoms with van der Waals surface area (Å²) in [4.78, 5) is 48.8. The number of carbonyl (C=O) groups is 3. The molecule has 2 rings (SSSR count). The number of rotatable bonds is 10. The van der Waals surface area contributed by atoms with Gasteiger partial charge in [0.15, 0.2) is 5.78 Å². The molecule has 2 N–H and O–H groups in total. The Balaban J connectivity index is 2.37. The van der Waals surface area contributed by atoms with Crippen molar-refractivity contribution in [3.63, 3.8) is 0 Å². The molecule has 1 heterocycles. The molecule has 2 unspecified atom stereocenters. The van der Waals surface area contributed by atoms with Crippen LogP contribution in [-0.4, -0.2) is 45.3 Å². The molecule has 1 aromatic heterocycles. The maximum absolute atomic E-state index is 13.2. The van der Waals surface area contributed by atoms with Gasteiger partial charge >= 0.3 is 5.97 Å². The van der Waals surface area contributed by atoms with Crippen molar-refractivity contribution >= 4 is 17.7 Å². The van der Waals surface area contributed by atoms with E-state index in [2.05, 4.69) is 31.2 Å². The summed E-state index contributed by atoms with van der Waals surface area (Å²) in [6, 6.07) is 7.66. The first-order chi connectivity index (χ1) is 15.5. The number of carboxylic acids is 1. The van der Waals surface area contributed by atoms with Gasteiger partial charge in [-0.1, -0.05) is 52.0 Å². The molecule has 0 aliphatic carbocycles. The number of hydrogen-bond acceptors (Lipinski definition) is 5. The zero-order valence-corrected chi connectivity index (χ0v) is 19.3. The van der Waals surface area contributed by atoms with Crippen LogP contribution in [0.3, 0.4) is 0 Å². The quantitative estimate of drug-likeness (QED) is 0.564. The fourth-order valence-electron chi connectivity index (χ4n) is 3.73. The first-order valence-electron chi connectivity index (χ1n) is 10.7. The number of amides is 1. The van der Waals surface area contributed by atoms with Crippen LogP contribution in [0.2, 0.25) is 0 Å². The number of alkyl halides is 1. The van der Waals surface area contributed by atoms with Crippen molar-refractivity contribution in [2.75, 3.05) is 6.67 Å². The zero-order chi connectivity index (χ0) is 24.8. The van der Waals surface area contributed by atoms with Gasteiger partial charge in [-0.2, -0.15) is 5.10 Å². The largest absolute Gasteiger partial charge is 0.481 e. The van der Waals surface area contributed by atoms with E-state index in [1.807, 2.05) is 24.3 Å². The lowest BCUT2D eigenvalue weighted by Gasteiger charge is -2.23. The summed E-state index contributed by atoms with van der Waals surface area (Å²) in [6.45, 7) is 6.71. The predicted molar refractivity (Wildman–Crippen MR) is 121 cm³/mol. The third-order valence-electron chi connectivity index (χ3n) is 5.40. The molecule has 0 radical (unpaired) electrons. The Labute approximate surface area is 191 Å². The molecule has 2 aromatic rings. The van der Waals surface area contributed by atoms with Crippen LogP contribution in [0.4, 0.5) is 4.39 Å². The van der Waals surface area contributed by atoms with Gasteiger partial charge in [-0.25, -0.2) is 9.07 Å². The van der Waals surface area contributed by atoms with E-state index in [-0.39, 0.29) is 23.9 Å². The fraction of sp³-hybridized carbons (Fsp3) is 0.458. The number of nitrogens with one attached hydrogen (secondary N) is 1. The number of carboxylic acid groups (broad SMARTS) is 1. The molecule has 0 fully saturated rings. The molecule has 178 valence electrons. The number of ketones is 1. The molecule has 0 aliphatic heterocycles. The Morgan fingerprint density at radius 3 is 2.42 bits per heavy atom. The Hall–Kier alpha value is -3.36. The lowest BCUT2D eigenvalue weighted by atomic mass is 9.84. The molecule has 1 aromatic carbocycles. The number of aliphatic carboxylic acids is 1. The summed E-state index contributed by atoms with van der Waals surface area (Å²) in [7, 11) is 0. The van der Waals surface area contributed by atoms with E-state index in [1.165, 1.54) is 16.9 Å². The molecule has 0 saturated heterocycles. The number of hydrogen-bond donors (Lipinski definition) is 2. The Kier molecular flexibility index (Phi) is 8.62.